The SMILES string of the molecule is Cc1cc(C)c(N2CC(=C3C=C(c4ccccc4)c4ccccc43)N(c3c(C)cc(C)cc3C)C2(c2ccccn2)c2ccccn2)c(C)c1.[Cl][Ru][Cl]. The Morgan fingerprint density at radius 2 is 1.06 bits per heavy atom. The van der Waals surface area contributed by atoms with Gasteiger partial charge in [-0.1, -0.05) is 102 Å². The van der Waals surface area contributed by atoms with E-state index in [1.807, 2.05) is 24.5 Å². The average molecular weight is 823 g/mol. The number of fused-ring (bicyclic) bond motifs is 1. The Labute approximate surface area is 329 Å². The molecule has 6 aromatic rings. The summed E-state index contributed by atoms with van der Waals surface area (Å²) < 4.78 is 0. The van der Waals surface area contributed by atoms with Gasteiger partial charge in [0.15, 0.2) is 0 Å². The van der Waals surface area contributed by atoms with E-state index in [2.05, 4.69) is 161 Å². The van der Waals surface area contributed by atoms with Crippen LogP contribution in [-0.4, -0.2) is 16.5 Å². The number of aromatic nitrogens is 2. The maximum atomic E-state index is 5.22. The summed E-state index contributed by atoms with van der Waals surface area (Å²) in [5.74, 6) is 0. The van der Waals surface area contributed by atoms with E-state index in [1.165, 1.54) is 78.3 Å². The molecule has 0 amide bonds. The molecule has 0 saturated carbocycles. The third kappa shape index (κ3) is 6.54. The molecule has 1 saturated heterocycles. The molecule has 0 atom stereocenters. The van der Waals surface area contributed by atoms with Crippen LogP contribution in [0.15, 0.2) is 139 Å². The zero-order chi connectivity index (χ0) is 37.3. The first kappa shape index (κ1) is 36.8. The third-order valence-electron chi connectivity index (χ3n) is 10.3. The van der Waals surface area contributed by atoms with Crippen molar-refractivity contribution in [3.63, 3.8) is 0 Å². The molecule has 8 rings (SSSR count). The summed E-state index contributed by atoms with van der Waals surface area (Å²) in [5, 5.41) is 0. The Morgan fingerprint density at radius 3 is 1.57 bits per heavy atom. The number of anilines is 2. The maximum absolute atomic E-state index is 5.22. The van der Waals surface area contributed by atoms with Gasteiger partial charge < -0.3 is 9.80 Å². The Bertz CT molecular complexity index is 2250. The summed E-state index contributed by atoms with van der Waals surface area (Å²) >= 11 is -0.346. The second kappa shape index (κ2) is 15.4. The van der Waals surface area contributed by atoms with Gasteiger partial charge in [0.25, 0.3) is 0 Å². The van der Waals surface area contributed by atoms with Crippen LogP contribution in [0.3, 0.4) is 0 Å². The zero-order valence-corrected chi connectivity index (χ0v) is 34.1. The van der Waals surface area contributed by atoms with Crippen LogP contribution in [-0.2, 0) is 20.8 Å². The number of nitrogens with zero attached hydrogens (tertiary/aromatic N) is 4. The predicted octanol–water partition coefficient (Wildman–Crippen LogP) is 11.8. The minimum absolute atomic E-state index is 0.346. The number of hydrogen-bond acceptors (Lipinski definition) is 4. The van der Waals surface area contributed by atoms with Gasteiger partial charge in [-0.25, -0.2) is 0 Å². The fourth-order valence-electron chi connectivity index (χ4n) is 8.64. The fourth-order valence-corrected chi connectivity index (χ4v) is 8.64. The Morgan fingerprint density at radius 1 is 0.585 bits per heavy atom. The van der Waals surface area contributed by atoms with E-state index < -0.39 is 5.66 Å². The summed E-state index contributed by atoms with van der Waals surface area (Å²) in [6.45, 7) is 14.0. The molecule has 0 radical (unpaired) electrons. The molecule has 0 bridgehead atoms. The number of halogens is 2. The predicted molar refractivity (Wildman–Crippen MR) is 219 cm³/mol. The molecule has 1 aliphatic heterocycles. The number of benzene rings is 4. The molecule has 0 N–H and O–H groups in total. The van der Waals surface area contributed by atoms with Crippen molar-refractivity contribution in [1.82, 2.24) is 9.97 Å². The van der Waals surface area contributed by atoms with Crippen molar-refractivity contribution in [3.8, 4) is 0 Å². The standard InChI is InChI=1S/C46H42N4.2ClH.Ru/c1-30-24-32(3)44(33(4)25-30)49-29-41(40-28-39(36-16-8-7-9-17-36)37-18-10-11-19-38(37)40)50(45-34(5)26-31(2)27-35(45)6)46(49,42-20-12-14-22-47-42)43-21-13-15-23-48-43;;;/h7-28H,29H2,1-6H3;2*1H;/q;;;+2/p-2. The first-order valence-electron chi connectivity index (χ1n) is 17.7. The molecule has 4 aromatic carbocycles. The van der Waals surface area contributed by atoms with Crippen molar-refractivity contribution in [2.45, 2.75) is 47.2 Å². The summed E-state index contributed by atoms with van der Waals surface area (Å²) in [7, 11) is 9.71. The fraction of sp³-hybridized carbons (Fsp3) is 0.174. The number of rotatable bonds is 5. The number of pyridine rings is 2. The van der Waals surface area contributed by atoms with Crippen LogP contribution in [0.25, 0.3) is 11.1 Å². The second-order valence-electron chi connectivity index (χ2n) is 13.9. The van der Waals surface area contributed by atoms with Crippen molar-refractivity contribution >= 4 is 41.9 Å². The normalized spacial score (nSPS) is 16.0. The molecule has 2 aliphatic rings. The van der Waals surface area contributed by atoms with Crippen molar-refractivity contribution in [2.24, 2.45) is 0 Å². The van der Waals surface area contributed by atoms with E-state index >= 15 is 0 Å². The number of aryl methyl sites for hydroxylation is 6. The number of hydrogen-bond donors (Lipinski definition) is 0. The molecule has 0 unspecified atom stereocenters. The van der Waals surface area contributed by atoms with Crippen LogP contribution in [0.1, 0.15) is 61.5 Å². The average Bonchev–Trinajstić information content (AvgIpc) is 3.69. The second-order valence-corrected chi connectivity index (χ2v) is 16.5. The molecule has 0 spiro atoms. The van der Waals surface area contributed by atoms with E-state index in [0.717, 1.165) is 11.4 Å². The van der Waals surface area contributed by atoms with Gasteiger partial charge in [0.1, 0.15) is 0 Å². The minimum atomic E-state index is -0.918. The summed E-state index contributed by atoms with van der Waals surface area (Å²) in [6.07, 6.45) is 6.26. The molecular weight excluding hydrogens is 781 g/mol. The molecule has 7 heteroatoms. The molecule has 268 valence electrons. The molecular formula is C46H42Cl2N4Ru. The van der Waals surface area contributed by atoms with Gasteiger partial charge in [-0.15, -0.1) is 0 Å². The van der Waals surface area contributed by atoms with E-state index in [1.54, 1.807) is 0 Å². The summed E-state index contributed by atoms with van der Waals surface area (Å²) in [6, 6.07) is 41.5. The van der Waals surface area contributed by atoms with E-state index in [-0.39, 0.29) is 15.1 Å². The van der Waals surface area contributed by atoms with Crippen LogP contribution in [0.2, 0.25) is 0 Å². The molecule has 53 heavy (non-hydrogen) atoms. The Balaban J connectivity index is 0.00000140. The van der Waals surface area contributed by atoms with E-state index in [0.29, 0.717) is 6.54 Å². The van der Waals surface area contributed by atoms with Gasteiger partial charge in [0.05, 0.1) is 17.9 Å². The van der Waals surface area contributed by atoms with Gasteiger partial charge in [-0.05, 0) is 116 Å². The van der Waals surface area contributed by atoms with Gasteiger partial charge in [-0.2, -0.15) is 0 Å². The summed E-state index contributed by atoms with van der Waals surface area (Å²) in [4.78, 5) is 15.6. The van der Waals surface area contributed by atoms with E-state index in [4.69, 9.17) is 29.4 Å². The first-order valence-corrected chi connectivity index (χ1v) is 22.2. The molecule has 2 aromatic heterocycles. The first-order chi connectivity index (χ1) is 25.7. The van der Waals surface area contributed by atoms with E-state index in [9.17, 15) is 0 Å². The van der Waals surface area contributed by atoms with Crippen molar-refractivity contribution in [1.29, 1.82) is 0 Å². The zero-order valence-electron chi connectivity index (χ0n) is 30.8. The van der Waals surface area contributed by atoms with Gasteiger partial charge in [-0.3, -0.25) is 9.97 Å². The Kier molecular flexibility index (Phi) is 10.7. The van der Waals surface area contributed by atoms with Crippen LogP contribution >= 0.6 is 19.4 Å². The molecule has 4 nitrogen and oxygen atoms in total. The molecule has 1 aliphatic carbocycles. The summed E-state index contributed by atoms with van der Waals surface area (Å²) in [5.41, 5.74) is 18.1. The quantitative estimate of drug-likeness (QED) is 0.162. The van der Waals surface area contributed by atoms with Gasteiger partial charge in [0, 0.05) is 35.0 Å². The monoisotopic (exact) mass is 822 g/mol. The molecule has 3 heterocycles. The third-order valence-corrected chi connectivity index (χ3v) is 10.3. The topological polar surface area (TPSA) is 32.3 Å². The van der Waals surface area contributed by atoms with Crippen LogP contribution < -0.4 is 9.80 Å². The van der Waals surface area contributed by atoms with Gasteiger partial charge in [0.2, 0.25) is 5.66 Å². The van der Waals surface area contributed by atoms with Crippen molar-refractivity contribution in [3.05, 3.63) is 201 Å². The van der Waals surface area contributed by atoms with Crippen LogP contribution in [0, 0.1) is 41.5 Å². The van der Waals surface area contributed by atoms with Crippen LogP contribution in [0.5, 0.6) is 0 Å². The van der Waals surface area contributed by atoms with Crippen molar-refractivity contribution < 1.29 is 15.1 Å². The van der Waals surface area contributed by atoms with Crippen molar-refractivity contribution in [2.75, 3.05) is 16.3 Å². The van der Waals surface area contributed by atoms with Gasteiger partial charge >= 0.3 is 34.5 Å². The number of allylic oxidation sites excluding steroid dienone is 2. The Hall–Kier alpha value is -4.54. The molecule has 1 fully saturated rings. The van der Waals surface area contributed by atoms with Crippen LogP contribution in [0.4, 0.5) is 11.4 Å².